The van der Waals surface area contributed by atoms with Gasteiger partial charge in [-0.3, -0.25) is 0 Å². The van der Waals surface area contributed by atoms with Gasteiger partial charge in [-0.05, 0) is 0 Å². The molecule has 0 unspecified atom stereocenters. The maximum absolute atomic E-state index is 8.97. The summed E-state index contributed by atoms with van der Waals surface area (Å²) in [7, 11) is 1.34. The van der Waals surface area contributed by atoms with Gasteiger partial charge < -0.3 is 14.9 Å². The molecule has 4 nitrogen and oxygen atoms in total. The van der Waals surface area contributed by atoms with E-state index in [-0.39, 0.29) is 46.9 Å². The van der Waals surface area contributed by atoms with Crippen LogP contribution in [0, 0.1) is 0 Å². The first-order chi connectivity index (χ1) is 4.75. The molecule has 0 bridgehead atoms. The summed E-state index contributed by atoms with van der Waals surface area (Å²) in [6.07, 6.45) is 1.28. The van der Waals surface area contributed by atoms with Crippen LogP contribution in [0.4, 0.5) is 0 Å². The van der Waals surface area contributed by atoms with Crippen molar-refractivity contribution in [3.63, 3.8) is 0 Å². The van der Waals surface area contributed by atoms with Crippen LogP contribution in [0.1, 0.15) is 0 Å². The van der Waals surface area contributed by atoms with Gasteiger partial charge in [0.2, 0.25) is 5.75 Å². The fourth-order valence-corrected chi connectivity index (χ4v) is 0.623. The van der Waals surface area contributed by atoms with Crippen molar-refractivity contribution in [1.82, 2.24) is 4.98 Å². The Kier molecular flexibility index (Phi) is 4.25. The molecule has 55 valence electrons. The quantitative estimate of drug-likeness (QED) is 0.579. The van der Waals surface area contributed by atoms with Crippen LogP contribution < -0.4 is 4.74 Å². The van der Waals surface area contributed by atoms with Crippen LogP contribution in [0.5, 0.6) is 17.4 Å². The molecule has 0 aliphatic rings. The van der Waals surface area contributed by atoms with E-state index in [1.807, 2.05) is 0 Å². The van der Waals surface area contributed by atoms with E-state index in [4.69, 9.17) is 10.2 Å². The predicted molar refractivity (Wildman–Crippen MR) is 39.9 cm³/mol. The van der Waals surface area contributed by atoms with Crippen molar-refractivity contribution in [3.05, 3.63) is 12.3 Å². The summed E-state index contributed by atoms with van der Waals surface area (Å²) >= 11 is 0. The van der Waals surface area contributed by atoms with E-state index in [2.05, 4.69) is 9.72 Å². The molecule has 1 aromatic rings. The van der Waals surface area contributed by atoms with Gasteiger partial charge in [-0.15, -0.1) is 0 Å². The van der Waals surface area contributed by atoms with E-state index in [9.17, 15) is 0 Å². The van der Waals surface area contributed by atoms with Crippen molar-refractivity contribution in [2.45, 2.75) is 0 Å². The van der Waals surface area contributed by atoms with Crippen molar-refractivity contribution in [1.29, 1.82) is 0 Å². The number of methoxy groups -OCH3 is 1. The minimum atomic E-state index is -0.303. The number of aromatic nitrogens is 1. The van der Waals surface area contributed by atoms with Crippen LogP contribution in [-0.4, -0.2) is 51.9 Å². The number of aromatic hydroxyl groups is 2. The molecule has 0 spiro atoms. The van der Waals surface area contributed by atoms with E-state index in [1.54, 1.807) is 0 Å². The third-order valence-corrected chi connectivity index (χ3v) is 1.07. The maximum atomic E-state index is 8.97. The van der Waals surface area contributed by atoms with Crippen molar-refractivity contribution >= 4 is 29.6 Å². The first-order valence-electron chi connectivity index (χ1n) is 2.66. The summed E-state index contributed by atoms with van der Waals surface area (Å²) in [6, 6.07) is 1.33. The standard InChI is InChI=1S/C6H7NO3.Na/c1-10-5-4(8)2-3-7-6(5)9;/h2-3H,1H3,(H2,7,8,9);. The van der Waals surface area contributed by atoms with Crippen molar-refractivity contribution in [2.24, 2.45) is 0 Å². The molecule has 0 amide bonds. The normalized spacial score (nSPS) is 8.45. The molecule has 0 fully saturated rings. The molecule has 11 heavy (non-hydrogen) atoms. The number of pyridine rings is 1. The first kappa shape index (κ1) is 10.6. The summed E-state index contributed by atoms with van der Waals surface area (Å²) in [6.45, 7) is 0. The van der Waals surface area contributed by atoms with Gasteiger partial charge >= 0.3 is 0 Å². The number of rotatable bonds is 1. The summed E-state index contributed by atoms with van der Waals surface area (Å²) in [4.78, 5) is 3.48. The second kappa shape index (κ2) is 4.43. The minimum Gasteiger partial charge on any atom is -0.504 e. The summed E-state index contributed by atoms with van der Waals surface area (Å²) in [5.74, 6) is -0.417. The third kappa shape index (κ3) is 2.25. The fourth-order valence-electron chi connectivity index (χ4n) is 0.623. The molecule has 0 saturated carbocycles. The number of hydrogen-bond donors (Lipinski definition) is 2. The van der Waals surface area contributed by atoms with E-state index in [0.717, 1.165) is 0 Å². The predicted octanol–water partition coefficient (Wildman–Crippen LogP) is 0.121. The van der Waals surface area contributed by atoms with Gasteiger partial charge in [0.1, 0.15) is 0 Å². The molecule has 2 N–H and O–H groups in total. The van der Waals surface area contributed by atoms with E-state index >= 15 is 0 Å². The Labute approximate surface area is 86.1 Å². The Morgan fingerprint density at radius 1 is 1.45 bits per heavy atom. The van der Waals surface area contributed by atoms with Crippen LogP contribution >= 0.6 is 0 Å². The van der Waals surface area contributed by atoms with Gasteiger partial charge in [-0.1, -0.05) is 0 Å². The Morgan fingerprint density at radius 3 is 2.45 bits per heavy atom. The molecule has 5 heteroatoms. The third-order valence-electron chi connectivity index (χ3n) is 1.07. The Bertz CT molecular complexity index is 221. The Hall–Kier alpha value is -0.450. The van der Waals surface area contributed by atoms with E-state index in [1.165, 1.54) is 19.4 Å². The van der Waals surface area contributed by atoms with Crippen molar-refractivity contribution in [2.75, 3.05) is 7.11 Å². The summed E-state index contributed by atoms with van der Waals surface area (Å²) < 4.78 is 4.61. The Balaban J connectivity index is 0.000001000. The van der Waals surface area contributed by atoms with Crippen LogP contribution in [0.3, 0.4) is 0 Å². The number of nitrogens with zero attached hydrogens (tertiary/aromatic N) is 1. The van der Waals surface area contributed by atoms with Crippen LogP contribution in [-0.2, 0) is 0 Å². The number of hydrogen-bond acceptors (Lipinski definition) is 4. The zero-order chi connectivity index (χ0) is 7.56. The molecular weight excluding hydrogens is 157 g/mol. The largest absolute Gasteiger partial charge is 0.504 e. The fraction of sp³-hybridized carbons (Fsp3) is 0.167. The first-order valence-corrected chi connectivity index (χ1v) is 2.66. The zero-order valence-corrected chi connectivity index (χ0v) is 8.40. The summed E-state index contributed by atoms with van der Waals surface area (Å²) in [5.41, 5.74) is 0. The molecular formula is C6H7NNaO3. The zero-order valence-electron chi connectivity index (χ0n) is 6.40. The van der Waals surface area contributed by atoms with Crippen molar-refractivity contribution < 1.29 is 14.9 Å². The van der Waals surface area contributed by atoms with Gasteiger partial charge in [0.15, 0.2) is 5.75 Å². The smallest absolute Gasteiger partial charge is 0.258 e. The second-order valence-electron chi connectivity index (χ2n) is 1.69. The molecule has 1 heterocycles. The minimum absolute atomic E-state index is 0. The van der Waals surface area contributed by atoms with Gasteiger partial charge in [-0.25, -0.2) is 4.98 Å². The van der Waals surface area contributed by atoms with Gasteiger partial charge in [-0.2, -0.15) is 0 Å². The van der Waals surface area contributed by atoms with E-state index < -0.39 is 0 Å². The molecule has 0 aliphatic heterocycles. The van der Waals surface area contributed by atoms with Crippen LogP contribution in [0.25, 0.3) is 0 Å². The Morgan fingerprint density at radius 2 is 2.09 bits per heavy atom. The molecule has 1 radical (unpaired) electrons. The second-order valence-corrected chi connectivity index (χ2v) is 1.69. The molecule has 0 aromatic carbocycles. The molecule has 0 aliphatic carbocycles. The van der Waals surface area contributed by atoms with Crippen LogP contribution in [0.15, 0.2) is 12.3 Å². The van der Waals surface area contributed by atoms with Crippen LogP contribution in [0.2, 0.25) is 0 Å². The maximum Gasteiger partial charge on any atom is 0.258 e. The number of ether oxygens (including phenoxy) is 1. The average molecular weight is 164 g/mol. The topological polar surface area (TPSA) is 62.6 Å². The monoisotopic (exact) mass is 164 g/mol. The van der Waals surface area contributed by atoms with Gasteiger partial charge in [0, 0.05) is 41.8 Å². The molecule has 0 saturated heterocycles. The average Bonchev–Trinajstić information content (AvgIpc) is 1.88. The molecule has 0 atom stereocenters. The van der Waals surface area contributed by atoms with E-state index in [0.29, 0.717) is 0 Å². The molecule has 1 rings (SSSR count). The summed E-state index contributed by atoms with van der Waals surface area (Å²) in [5, 5.41) is 17.9. The molecule has 1 aromatic heterocycles. The van der Waals surface area contributed by atoms with Crippen molar-refractivity contribution in [3.8, 4) is 17.4 Å². The SMILES string of the molecule is COc1c(O)ccnc1O.[Na]. The van der Waals surface area contributed by atoms with Gasteiger partial charge in [0.25, 0.3) is 5.88 Å². The van der Waals surface area contributed by atoms with Gasteiger partial charge in [0.05, 0.1) is 7.11 Å².